The molecule has 106 valence electrons. The van der Waals surface area contributed by atoms with Crippen LogP contribution in [-0.4, -0.2) is 28.1 Å². The lowest BCUT2D eigenvalue weighted by Crippen LogP contribution is -2.26. The van der Waals surface area contributed by atoms with Crippen molar-refractivity contribution < 1.29 is 5.11 Å². The first-order chi connectivity index (χ1) is 9.69. The van der Waals surface area contributed by atoms with Gasteiger partial charge in [-0.05, 0) is 35.4 Å². The smallest absolute Gasteiger partial charge is 0.0595 e. The molecule has 1 aromatic heterocycles. The highest BCUT2D eigenvalue weighted by Crippen LogP contribution is 2.23. The summed E-state index contributed by atoms with van der Waals surface area (Å²) >= 11 is 11.9. The molecule has 20 heavy (non-hydrogen) atoms. The van der Waals surface area contributed by atoms with Crippen LogP contribution in [0.4, 0.5) is 0 Å². The molecule has 0 unspecified atom stereocenters. The van der Waals surface area contributed by atoms with Crippen LogP contribution in [0.5, 0.6) is 0 Å². The van der Waals surface area contributed by atoms with E-state index < -0.39 is 0 Å². The molecule has 3 nitrogen and oxygen atoms in total. The van der Waals surface area contributed by atoms with E-state index in [1.165, 1.54) is 0 Å². The fraction of sp³-hybridized carbons (Fsp3) is 0.267. The van der Waals surface area contributed by atoms with Gasteiger partial charge in [-0.3, -0.25) is 9.88 Å². The molecule has 1 N–H and O–H groups in total. The molecule has 0 saturated heterocycles. The Hall–Kier alpha value is -1.13. The molecule has 1 aromatic carbocycles. The zero-order valence-electron chi connectivity index (χ0n) is 11.0. The molecule has 1 heterocycles. The molecule has 0 fully saturated rings. The predicted molar refractivity (Wildman–Crippen MR) is 81.9 cm³/mol. The summed E-state index contributed by atoms with van der Waals surface area (Å²) in [5.41, 5.74) is 2.23. The molecule has 0 atom stereocenters. The zero-order chi connectivity index (χ0) is 14.4. The van der Waals surface area contributed by atoms with Crippen molar-refractivity contribution in [2.24, 2.45) is 0 Å². The second-order valence-electron chi connectivity index (χ2n) is 4.54. The SMILES string of the molecule is OCCN(Cc1ccncc1)Cc1ccc(Cl)c(Cl)c1. The topological polar surface area (TPSA) is 36.4 Å². The Morgan fingerprint density at radius 1 is 0.950 bits per heavy atom. The number of aromatic nitrogens is 1. The Labute approximate surface area is 128 Å². The monoisotopic (exact) mass is 310 g/mol. The van der Waals surface area contributed by atoms with Crippen LogP contribution >= 0.6 is 23.2 Å². The van der Waals surface area contributed by atoms with Gasteiger partial charge in [0.05, 0.1) is 16.7 Å². The Kier molecular flexibility index (Phi) is 5.80. The summed E-state index contributed by atoms with van der Waals surface area (Å²) in [6.45, 7) is 2.18. The van der Waals surface area contributed by atoms with Gasteiger partial charge in [0.2, 0.25) is 0 Å². The van der Waals surface area contributed by atoms with E-state index in [-0.39, 0.29) is 6.61 Å². The van der Waals surface area contributed by atoms with Gasteiger partial charge in [-0.25, -0.2) is 0 Å². The number of halogens is 2. The van der Waals surface area contributed by atoms with Gasteiger partial charge in [0.1, 0.15) is 0 Å². The first-order valence-electron chi connectivity index (χ1n) is 6.35. The molecule has 0 aliphatic heterocycles. The van der Waals surface area contributed by atoms with Gasteiger partial charge >= 0.3 is 0 Å². The van der Waals surface area contributed by atoms with Crippen LogP contribution in [0.15, 0.2) is 42.7 Å². The number of aliphatic hydroxyl groups is 1. The van der Waals surface area contributed by atoms with Gasteiger partial charge in [0.15, 0.2) is 0 Å². The number of rotatable bonds is 6. The van der Waals surface area contributed by atoms with Crippen LogP contribution in [0.1, 0.15) is 11.1 Å². The highest BCUT2D eigenvalue weighted by molar-refractivity contribution is 6.42. The molecule has 0 bridgehead atoms. The van der Waals surface area contributed by atoms with Crippen molar-refractivity contribution in [1.82, 2.24) is 9.88 Å². The van der Waals surface area contributed by atoms with Crippen LogP contribution in [0.3, 0.4) is 0 Å². The van der Waals surface area contributed by atoms with Crippen molar-refractivity contribution in [3.05, 3.63) is 63.9 Å². The largest absolute Gasteiger partial charge is 0.395 e. The Morgan fingerprint density at radius 3 is 2.30 bits per heavy atom. The van der Waals surface area contributed by atoms with E-state index in [4.69, 9.17) is 23.2 Å². The average molecular weight is 311 g/mol. The van der Waals surface area contributed by atoms with Gasteiger partial charge in [-0.15, -0.1) is 0 Å². The summed E-state index contributed by atoms with van der Waals surface area (Å²) in [4.78, 5) is 6.15. The van der Waals surface area contributed by atoms with Crippen LogP contribution in [-0.2, 0) is 13.1 Å². The molecule has 0 spiro atoms. The van der Waals surface area contributed by atoms with Crippen molar-refractivity contribution in [1.29, 1.82) is 0 Å². The number of hydrogen-bond donors (Lipinski definition) is 1. The molecule has 2 aromatic rings. The van der Waals surface area contributed by atoms with Gasteiger partial charge in [-0.1, -0.05) is 29.3 Å². The standard InChI is InChI=1S/C15H16Cl2N2O/c16-14-2-1-13(9-15(14)17)11-19(7-8-20)10-12-3-5-18-6-4-12/h1-6,9,20H,7-8,10-11H2. The normalized spacial score (nSPS) is 11.0. The van der Waals surface area contributed by atoms with E-state index in [1.54, 1.807) is 18.5 Å². The van der Waals surface area contributed by atoms with Gasteiger partial charge in [-0.2, -0.15) is 0 Å². The van der Waals surface area contributed by atoms with E-state index in [9.17, 15) is 5.11 Å². The second-order valence-corrected chi connectivity index (χ2v) is 5.35. The molecular weight excluding hydrogens is 295 g/mol. The number of nitrogens with zero attached hydrogens (tertiary/aromatic N) is 2. The lowest BCUT2D eigenvalue weighted by molar-refractivity contribution is 0.184. The summed E-state index contributed by atoms with van der Waals surface area (Å²) < 4.78 is 0. The molecule has 0 amide bonds. The lowest BCUT2D eigenvalue weighted by Gasteiger charge is -2.21. The minimum absolute atomic E-state index is 0.117. The maximum absolute atomic E-state index is 9.19. The highest BCUT2D eigenvalue weighted by Gasteiger charge is 2.08. The summed E-state index contributed by atoms with van der Waals surface area (Å²) in [6, 6.07) is 9.55. The van der Waals surface area contributed by atoms with Gasteiger partial charge in [0, 0.05) is 32.0 Å². The van der Waals surface area contributed by atoms with Gasteiger partial charge in [0.25, 0.3) is 0 Å². The predicted octanol–water partition coefficient (Wildman–Crippen LogP) is 3.38. The van der Waals surface area contributed by atoms with E-state index in [0.717, 1.165) is 17.7 Å². The third-order valence-electron chi connectivity index (χ3n) is 2.96. The molecule has 2 rings (SSSR count). The molecular formula is C15H16Cl2N2O. The van der Waals surface area contributed by atoms with E-state index in [0.29, 0.717) is 23.1 Å². The van der Waals surface area contributed by atoms with Crippen LogP contribution in [0.2, 0.25) is 10.0 Å². The quantitative estimate of drug-likeness (QED) is 0.888. The minimum atomic E-state index is 0.117. The van der Waals surface area contributed by atoms with E-state index in [2.05, 4.69) is 9.88 Å². The molecule has 0 aliphatic rings. The first-order valence-corrected chi connectivity index (χ1v) is 7.10. The fourth-order valence-corrected chi connectivity index (χ4v) is 2.32. The number of benzene rings is 1. The minimum Gasteiger partial charge on any atom is -0.395 e. The lowest BCUT2D eigenvalue weighted by atomic mass is 10.2. The summed E-state index contributed by atoms with van der Waals surface area (Å²) in [5, 5.41) is 10.3. The van der Waals surface area contributed by atoms with Crippen molar-refractivity contribution in [2.45, 2.75) is 13.1 Å². The zero-order valence-corrected chi connectivity index (χ0v) is 12.5. The van der Waals surface area contributed by atoms with Crippen molar-refractivity contribution >= 4 is 23.2 Å². The van der Waals surface area contributed by atoms with Crippen LogP contribution in [0.25, 0.3) is 0 Å². The molecule has 0 aliphatic carbocycles. The second kappa shape index (κ2) is 7.60. The van der Waals surface area contributed by atoms with Gasteiger partial charge < -0.3 is 5.11 Å². The van der Waals surface area contributed by atoms with Crippen molar-refractivity contribution in [3.63, 3.8) is 0 Å². The van der Waals surface area contributed by atoms with Crippen LogP contribution in [0, 0.1) is 0 Å². The maximum atomic E-state index is 9.19. The maximum Gasteiger partial charge on any atom is 0.0595 e. The third kappa shape index (κ3) is 4.46. The Bertz CT molecular complexity index is 549. The van der Waals surface area contributed by atoms with E-state index >= 15 is 0 Å². The molecule has 0 saturated carbocycles. The number of aliphatic hydroxyl groups excluding tert-OH is 1. The Morgan fingerprint density at radius 2 is 1.65 bits per heavy atom. The van der Waals surface area contributed by atoms with E-state index in [1.807, 2.05) is 24.3 Å². The Balaban J connectivity index is 2.06. The molecule has 0 radical (unpaired) electrons. The fourth-order valence-electron chi connectivity index (χ4n) is 2.00. The molecule has 5 heteroatoms. The number of pyridine rings is 1. The summed E-state index contributed by atoms with van der Waals surface area (Å²) in [6.07, 6.45) is 3.54. The number of hydrogen-bond acceptors (Lipinski definition) is 3. The average Bonchev–Trinajstić information content (AvgIpc) is 2.44. The van der Waals surface area contributed by atoms with Crippen molar-refractivity contribution in [3.8, 4) is 0 Å². The highest BCUT2D eigenvalue weighted by atomic mass is 35.5. The van der Waals surface area contributed by atoms with Crippen molar-refractivity contribution in [2.75, 3.05) is 13.2 Å². The summed E-state index contributed by atoms with van der Waals surface area (Å²) in [7, 11) is 0. The third-order valence-corrected chi connectivity index (χ3v) is 3.70. The first kappa shape index (κ1) is 15.3. The van der Waals surface area contributed by atoms with Crippen LogP contribution < -0.4 is 0 Å². The summed E-state index contributed by atoms with van der Waals surface area (Å²) in [5.74, 6) is 0.